The summed E-state index contributed by atoms with van der Waals surface area (Å²) in [6.45, 7) is -0.0751. The van der Waals surface area contributed by atoms with Crippen LogP contribution in [-0.4, -0.2) is 32.1 Å². The molecule has 2 heterocycles. The van der Waals surface area contributed by atoms with Crippen LogP contribution in [0, 0.1) is 0 Å². The second kappa shape index (κ2) is 7.58. The van der Waals surface area contributed by atoms with Gasteiger partial charge < -0.3 is 9.73 Å². The summed E-state index contributed by atoms with van der Waals surface area (Å²) >= 11 is 5.91. The topological polar surface area (TPSA) is 115 Å². The molecular weight excluding hydrogens is 348 g/mol. The quantitative estimate of drug-likeness (QED) is 0.714. The van der Waals surface area contributed by atoms with Gasteiger partial charge in [-0.2, -0.15) is 4.80 Å². The lowest BCUT2D eigenvalue weighted by molar-refractivity contribution is -0.121. The maximum absolute atomic E-state index is 11.8. The molecule has 0 aliphatic carbocycles. The van der Waals surface area contributed by atoms with Gasteiger partial charge in [0, 0.05) is 10.6 Å². The third kappa shape index (κ3) is 4.64. The molecule has 0 radical (unpaired) electrons. The minimum Gasteiger partial charge on any atom is -0.467 e. The number of rotatable bonds is 5. The zero-order chi connectivity index (χ0) is 17.6. The van der Waals surface area contributed by atoms with Crippen LogP contribution in [0.5, 0.6) is 0 Å². The molecule has 1 aromatic carbocycles. The van der Waals surface area contributed by atoms with Crippen molar-refractivity contribution in [1.82, 2.24) is 30.8 Å². The van der Waals surface area contributed by atoms with E-state index in [-0.39, 0.29) is 13.1 Å². The molecule has 0 saturated carbocycles. The van der Waals surface area contributed by atoms with Crippen molar-refractivity contribution in [3.8, 4) is 11.4 Å². The van der Waals surface area contributed by atoms with Gasteiger partial charge in [-0.05, 0) is 29.5 Å². The maximum Gasteiger partial charge on any atom is 0.321 e. The number of urea groups is 1. The monoisotopic (exact) mass is 360 g/mol. The summed E-state index contributed by atoms with van der Waals surface area (Å²) in [5.74, 6) is 0.330. The van der Waals surface area contributed by atoms with E-state index in [1.165, 1.54) is 6.26 Å². The molecule has 2 aromatic heterocycles. The predicted octanol–water partition coefficient (Wildman–Crippen LogP) is 1.61. The molecule has 0 bridgehead atoms. The number of nitrogens with one attached hydrogen (secondary N) is 2. The number of benzene rings is 1. The molecule has 0 fully saturated rings. The van der Waals surface area contributed by atoms with Crippen LogP contribution in [0.1, 0.15) is 5.76 Å². The van der Waals surface area contributed by atoms with Crippen LogP contribution in [0.2, 0.25) is 5.02 Å². The van der Waals surface area contributed by atoms with E-state index >= 15 is 0 Å². The first-order valence-electron chi connectivity index (χ1n) is 7.24. The highest BCUT2D eigenvalue weighted by Crippen LogP contribution is 2.18. The molecule has 9 nitrogen and oxygen atoms in total. The van der Waals surface area contributed by atoms with E-state index < -0.39 is 11.9 Å². The third-order valence-corrected chi connectivity index (χ3v) is 3.31. The van der Waals surface area contributed by atoms with Gasteiger partial charge in [-0.25, -0.2) is 4.79 Å². The number of nitrogens with zero attached hydrogens (tertiary/aromatic N) is 4. The zero-order valence-electron chi connectivity index (χ0n) is 12.8. The van der Waals surface area contributed by atoms with E-state index in [0.717, 1.165) is 4.80 Å². The summed E-state index contributed by atoms with van der Waals surface area (Å²) in [6.07, 6.45) is 1.49. The molecule has 3 rings (SSSR count). The molecule has 3 aromatic rings. The number of halogens is 1. The van der Waals surface area contributed by atoms with Crippen LogP contribution in [0.4, 0.5) is 4.79 Å². The molecule has 128 valence electrons. The molecular formula is C15H13ClN6O3. The zero-order valence-corrected chi connectivity index (χ0v) is 13.6. The number of imide groups is 1. The molecule has 10 heteroatoms. The highest BCUT2D eigenvalue weighted by atomic mass is 35.5. The first-order chi connectivity index (χ1) is 12.1. The highest BCUT2D eigenvalue weighted by molar-refractivity contribution is 6.30. The van der Waals surface area contributed by atoms with Gasteiger partial charge in [0.05, 0.1) is 12.8 Å². The van der Waals surface area contributed by atoms with Crippen molar-refractivity contribution in [2.24, 2.45) is 0 Å². The van der Waals surface area contributed by atoms with Crippen molar-refractivity contribution < 1.29 is 14.0 Å². The second-order valence-corrected chi connectivity index (χ2v) is 5.40. The highest BCUT2D eigenvalue weighted by Gasteiger charge is 2.12. The van der Waals surface area contributed by atoms with Crippen molar-refractivity contribution in [3.63, 3.8) is 0 Å². The summed E-state index contributed by atoms with van der Waals surface area (Å²) in [5.41, 5.74) is 0.676. The Morgan fingerprint density at radius 2 is 2.12 bits per heavy atom. The van der Waals surface area contributed by atoms with Crippen molar-refractivity contribution in [2.45, 2.75) is 13.1 Å². The fourth-order valence-electron chi connectivity index (χ4n) is 1.97. The molecule has 0 saturated heterocycles. The fourth-order valence-corrected chi connectivity index (χ4v) is 2.16. The number of hydrogen-bond acceptors (Lipinski definition) is 6. The Labute approximate surface area is 147 Å². The van der Waals surface area contributed by atoms with E-state index in [4.69, 9.17) is 16.0 Å². The molecule has 0 spiro atoms. The smallest absolute Gasteiger partial charge is 0.321 e. The number of amides is 3. The summed E-state index contributed by atoms with van der Waals surface area (Å²) in [5, 5.41) is 16.9. The summed E-state index contributed by atoms with van der Waals surface area (Å²) in [7, 11) is 0. The molecule has 0 aliphatic heterocycles. The summed E-state index contributed by atoms with van der Waals surface area (Å²) < 4.78 is 5.07. The van der Waals surface area contributed by atoms with Crippen LogP contribution >= 0.6 is 11.6 Å². The number of carbonyl (C=O) groups excluding carboxylic acids is 2. The molecule has 0 atom stereocenters. The van der Waals surface area contributed by atoms with E-state index in [9.17, 15) is 9.59 Å². The fraction of sp³-hybridized carbons (Fsp3) is 0.133. The Morgan fingerprint density at radius 1 is 1.24 bits per heavy atom. The van der Waals surface area contributed by atoms with Gasteiger partial charge in [0.1, 0.15) is 12.3 Å². The normalized spacial score (nSPS) is 10.4. The van der Waals surface area contributed by atoms with Crippen LogP contribution in [0.3, 0.4) is 0 Å². The van der Waals surface area contributed by atoms with Gasteiger partial charge >= 0.3 is 6.03 Å². The van der Waals surface area contributed by atoms with Crippen molar-refractivity contribution in [3.05, 3.63) is 53.4 Å². The molecule has 2 N–H and O–H groups in total. The first-order valence-corrected chi connectivity index (χ1v) is 7.62. The lowest BCUT2D eigenvalue weighted by Gasteiger charge is -2.04. The lowest BCUT2D eigenvalue weighted by atomic mass is 10.2. The summed E-state index contributed by atoms with van der Waals surface area (Å²) in [6, 6.07) is 9.71. The van der Waals surface area contributed by atoms with Gasteiger partial charge in [-0.3, -0.25) is 10.1 Å². The summed E-state index contributed by atoms with van der Waals surface area (Å²) in [4.78, 5) is 24.6. The van der Waals surface area contributed by atoms with Crippen molar-refractivity contribution in [1.29, 1.82) is 0 Å². The molecule has 3 amide bonds. The van der Waals surface area contributed by atoms with E-state index in [1.54, 1.807) is 36.4 Å². The Kier molecular flexibility index (Phi) is 5.05. The van der Waals surface area contributed by atoms with Crippen molar-refractivity contribution >= 4 is 23.5 Å². The number of aromatic nitrogens is 4. The predicted molar refractivity (Wildman–Crippen MR) is 87.3 cm³/mol. The van der Waals surface area contributed by atoms with Crippen LogP contribution in [0.25, 0.3) is 11.4 Å². The van der Waals surface area contributed by atoms with Gasteiger partial charge in [-0.15, -0.1) is 10.2 Å². The Bertz CT molecular complexity index is 877. The average molecular weight is 361 g/mol. The van der Waals surface area contributed by atoms with Gasteiger partial charge in [0.15, 0.2) is 0 Å². The number of tetrazole rings is 1. The van der Waals surface area contributed by atoms with Gasteiger partial charge in [0.2, 0.25) is 5.82 Å². The van der Waals surface area contributed by atoms with Gasteiger partial charge in [0.25, 0.3) is 5.91 Å². The molecule has 25 heavy (non-hydrogen) atoms. The minimum absolute atomic E-state index is 0.173. The molecule has 0 aliphatic rings. The maximum atomic E-state index is 11.8. The van der Waals surface area contributed by atoms with Gasteiger partial charge in [-0.1, -0.05) is 23.7 Å². The van der Waals surface area contributed by atoms with E-state index in [0.29, 0.717) is 22.2 Å². The van der Waals surface area contributed by atoms with Crippen LogP contribution in [0.15, 0.2) is 47.1 Å². The number of hydrogen-bond donors (Lipinski definition) is 2. The Hall–Kier alpha value is -3.20. The Morgan fingerprint density at radius 3 is 2.88 bits per heavy atom. The van der Waals surface area contributed by atoms with Crippen molar-refractivity contribution in [2.75, 3.05) is 0 Å². The Balaban J connectivity index is 1.52. The second-order valence-electron chi connectivity index (χ2n) is 4.96. The van der Waals surface area contributed by atoms with Crippen LogP contribution < -0.4 is 10.6 Å². The van der Waals surface area contributed by atoms with E-state index in [2.05, 4.69) is 26.0 Å². The number of carbonyl (C=O) groups is 2. The average Bonchev–Trinajstić information content (AvgIpc) is 3.24. The van der Waals surface area contributed by atoms with Crippen LogP contribution in [-0.2, 0) is 17.9 Å². The SMILES string of the molecule is O=C(Cn1nnc(-c2cccc(Cl)c2)n1)NC(=O)NCc1ccco1. The van der Waals surface area contributed by atoms with E-state index in [1.807, 2.05) is 0 Å². The third-order valence-electron chi connectivity index (χ3n) is 3.08. The standard InChI is InChI=1S/C15H13ClN6O3/c16-11-4-1-3-10(7-11)14-19-21-22(20-14)9-13(23)18-15(24)17-8-12-5-2-6-25-12/h1-7H,8-9H2,(H2,17,18,23,24). The largest absolute Gasteiger partial charge is 0.467 e. The lowest BCUT2D eigenvalue weighted by Crippen LogP contribution is -2.40. The first kappa shape index (κ1) is 16.7. The number of furan rings is 1. The minimum atomic E-state index is -0.642. The molecule has 0 unspecified atom stereocenters.